The topological polar surface area (TPSA) is 22.1 Å². The highest BCUT2D eigenvalue weighted by Gasteiger charge is 2.05. The van der Waals surface area contributed by atoms with Crippen LogP contribution in [0.1, 0.15) is 11.3 Å². The Morgan fingerprint density at radius 3 is 2.58 bits per heavy atom. The second kappa shape index (κ2) is 6.46. The van der Waals surface area contributed by atoms with Crippen molar-refractivity contribution in [3.63, 3.8) is 0 Å². The minimum absolute atomic E-state index is 0.553. The van der Waals surface area contributed by atoms with Gasteiger partial charge in [0.15, 0.2) is 0 Å². The van der Waals surface area contributed by atoms with Crippen molar-refractivity contribution >= 4 is 22.2 Å². The third-order valence-electron chi connectivity index (χ3n) is 4.01. The summed E-state index contributed by atoms with van der Waals surface area (Å²) in [6.07, 6.45) is 0. The highest BCUT2D eigenvalue weighted by molar-refractivity contribution is 7.08. The molecule has 118 valence electrons. The minimum Gasteiger partial charge on any atom is -0.488 e. The molecule has 0 saturated heterocycles. The van der Waals surface area contributed by atoms with Gasteiger partial charge >= 0.3 is 0 Å². The fourth-order valence-corrected chi connectivity index (χ4v) is 3.44. The van der Waals surface area contributed by atoms with Gasteiger partial charge in [0.1, 0.15) is 12.4 Å². The van der Waals surface area contributed by atoms with Crippen LogP contribution in [0, 0.1) is 6.92 Å². The van der Waals surface area contributed by atoms with Crippen LogP contribution in [0.2, 0.25) is 0 Å². The molecule has 0 saturated carbocycles. The summed E-state index contributed by atoms with van der Waals surface area (Å²) in [5.41, 5.74) is 5.61. The first-order chi connectivity index (χ1) is 11.8. The number of aromatic nitrogens is 1. The van der Waals surface area contributed by atoms with Gasteiger partial charge in [-0.25, -0.2) is 0 Å². The standard InChI is InChI=1S/C21H17NOS/c1-15-12-21(19-4-2-3-5-20(19)22-15)23-13-16-6-8-17(9-7-16)18-10-11-24-14-18/h2-12,14H,13H2,1H3. The maximum Gasteiger partial charge on any atom is 0.131 e. The van der Waals surface area contributed by atoms with Crippen molar-refractivity contribution in [3.05, 3.63) is 82.7 Å². The van der Waals surface area contributed by atoms with Crippen molar-refractivity contribution in [1.29, 1.82) is 0 Å². The van der Waals surface area contributed by atoms with Crippen LogP contribution in [0.4, 0.5) is 0 Å². The zero-order valence-corrected chi connectivity index (χ0v) is 14.2. The van der Waals surface area contributed by atoms with Gasteiger partial charge < -0.3 is 4.74 Å². The zero-order chi connectivity index (χ0) is 16.4. The molecule has 2 heterocycles. The first-order valence-electron chi connectivity index (χ1n) is 7.90. The van der Waals surface area contributed by atoms with Crippen LogP contribution in [0.3, 0.4) is 0 Å². The van der Waals surface area contributed by atoms with Crippen LogP contribution in [0.25, 0.3) is 22.0 Å². The first kappa shape index (κ1) is 14.9. The van der Waals surface area contributed by atoms with Crippen LogP contribution in [0.5, 0.6) is 5.75 Å². The molecular formula is C21H17NOS. The molecule has 4 aromatic rings. The Morgan fingerprint density at radius 2 is 1.79 bits per heavy atom. The lowest BCUT2D eigenvalue weighted by Crippen LogP contribution is -1.97. The molecule has 0 bridgehead atoms. The Bertz CT molecular complexity index is 959. The smallest absolute Gasteiger partial charge is 0.131 e. The third kappa shape index (κ3) is 3.03. The molecule has 3 heteroatoms. The second-order valence-electron chi connectivity index (χ2n) is 5.78. The summed E-state index contributed by atoms with van der Waals surface area (Å²) in [6, 6.07) is 20.8. The molecule has 0 fully saturated rings. The number of nitrogens with zero attached hydrogens (tertiary/aromatic N) is 1. The number of thiophene rings is 1. The number of benzene rings is 2. The molecular weight excluding hydrogens is 314 g/mol. The number of hydrogen-bond acceptors (Lipinski definition) is 3. The average Bonchev–Trinajstić information content (AvgIpc) is 3.14. The highest BCUT2D eigenvalue weighted by atomic mass is 32.1. The largest absolute Gasteiger partial charge is 0.488 e. The zero-order valence-electron chi connectivity index (χ0n) is 13.4. The van der Waals surface area contributed by atoms with E-state index in [4.69, 9.17) is 4.74 Å². The predicted molar refractivity (Wildman–Crippen MR) is 101 cm³/mol. The number of aryl methyl sites for hydroxylation is 1. The van der Waals surface area contributed by atoms with Crippen molar-refractivity contribution in [3.8, 4) is 16.9 Å². The molecule has 0 N–H and O–H groups in total. The molecule has 2 nitrogen and oxygen atoms in total. The van der Waals surface area contributed by atoms with E-state index in [0.29, 0.717) is 6.61 Å². The van der Waals surface area contributed by atoms with Crippen LogP contribution >= 0.6 is 11.3 Å². The molecule has 0 radical (unpaired) electrons. The van der Waals surface area contributed by atoms with Crippen LogP contribution in [-0.4, -0.2) is 4.98 Å². The average molecular weight is 331 g/mol. The number of rotatable bonds is 4. The Kier molecular flexibility index (Phi) is 4.01. The van der Waals surface area contributed by atoms with Crippen LogP contribution in [0.15, 0.2) is 71.4 Å². The van der Waals surface area contributed by atoms with Crippen molar-refractivity contribution in [2.75, 3.05) is 0 Å². The quantitative estimate of drug-likeness (QED) is 0.468. The molecule has 0 unspecified atom stereocenters. The molecule has 0 spiro atoms. The summed E-state index contributed by atoms with van der Waals surface area (Å²) in [4.78, 5) is 4.55. The van der Waals surface area contributed by atoms with Gasteiger partial charge in [0.05, 0.1) is 5.52 Å². The van der Waals surface area contributed by atoms with Crippen molar-refractivity contribution in [1.82, 2.24) is 4.98 Å². The molecule has 0 amide bonds. The Morgan fingerprint density at radius 1 is 0.958 bits per heavy atom. The normalized spacial score (nSPS) is 10.9. The van der Waals surface area contributed by atoms with Gasteiger partial charge in [-0.15, -0.1) is 0 Å². The van der Waals surface area contributed by atoms with Crippen molar-refractivity contribution in [2.45, 2.75) is 13.5 Å². The van der Waals surface area contributed by atoms with E-state index in [1.807, 2.05) is 31.2 Å². The van der Waals surface area contributed by atoms with Gasteiger partial charge in [0.25, 0.3) is 0 Å². The van der Waals surface area contributed by atoms with E-state index in [1.165, 1.54) is 11.1 Å². The van der Waals surface area contributed by atoms with E-state index >= 15 is 0 Å². The first-order valence-corrected chi connectivity index (χ1v) is 8.84. The van der Waals surface area contributed by atoms with Gasteiger partial charge in [0, 0.05) is 17.1 Å². The Balaban J connectivity index is 1.55. The SMILES string of the molecule is Cc1cc(OCc2ccc(-c3ccsc3)cc2)c2ccccc2n1. The third-order valence-corrected chi connectivity index (χ3v) is 4.69. The molecule has 24 heavy (non-hydrogen) atoms. The molecule has 2 aromatic carbocycles. The predicted octanol–water partition coefficient (Wildman–Crippen LogP) is 5.85. The Hall–Kier alpha value is -2.65. The van der Waals surface area contributed by atoms with Crippen molar-refractivity contribution in [2.24, 2.45) is 0 Å². The number of para-hydroxylation sites is 1. The van der Waals surface area contributed by atoms with Crippen LogP contribution < -0.4 is 4.74 Å². The minimum atomic E-state index is 0.553. The van der Waals surface area contributed by atoms with Gasteiger partial charge in [-0.05, 0) is 52.6 Å². The summed E-state index contributed by atoms with van der Waals surface area (Å²) in [6.45, 7) is 2.55. The molecule has 0 aliphatic heterocycles. The number of fused-ring (bicyclic) bond motifs is 1. The van der Waals surface area contributed by atoms with Gasteiger partial charge in [-0.1, -0.05) is 36.4 Å². The molecule has 4 rings (SSSR count). The summed E-state index contributed by atoms with van der Waals surface area (Å²) in [7, 11) is 0. The van der Waals surface area contributed by atoms with E-state index in [9.17, 15) is 0 Å². The fourth-order valence-electron chi connectivity index (χ4n) is 2.77. The fraction of sp³-hybridized carbons (Fsp3) is 0.0952. The van der Waals surface area contributed by atoms with E-state index < -0.39 is 0 Å². The lowest BCUT2D eigenvalue weighted by Gasteiger charge is -2.10. The summed E-state index contributed by atoms with van der Waals surface area (Å²) >= 11 is 1.72. The maximum atomic E-state index is 6.08. The molecule has 2 aromatic heterocycles. The lowest BCUT2D eigenvalue weighted by atomic mass is 10.1. The van der Waals surface area contributed by atoms with E-state index in [0.717, 1.165) is 27.9 Å². The summed E-state index contributed by atoms with van der Waals surface area (Å²) in [5.74, 6) is 0.889. The van der Waals surface area contributed by atoms with E-state index in [2.05, 4.69) is 52.1 Å². The van der Waals surface area contributed by atoms with Gasteiger partial charge in [-0.3, -0.25) is 4.98 Å². The van der Waals surface area contributed by atoms with Crippen LogP contribution in [-0.2, 0) is 6.61 Å². The number of ether oxygens (including phenoxy) is 1. The van der Waals surface area contributed by atoms with Gasteiger partial charge in [-0.2, -0.15) is 11.3 Å². The number of hydrogen-bond donors (Lipinski definition) is 0. The summed E-state index contributed by atoms with van der Waals surface area (Å²) < 4.78 is 6.08. The summed E-state index contributed by atoms with van der Waals surface area (Å²) in [5, 5.41) is 5.32. The van der Waals surface area contributed by atoms with Gasteiger partial charge in [0.2, 0.25) is 0 Å². The molecule has 0 atom stereocenters. The molecule has 0 aliphatic rings. The van der Waals surface area contributed by atoms with E-state index in [1.54, 1.807) is 11.3 Å². The molecule has 0 aliphatic carbocycles. The maximum absolute atomic E-state index is 6.08. The number of pyridine rings is 1. The van der Waals surface area contributed by atoms with Crippen molar-refractivity contribution < 1.29 is 4.74 Å². The lowest BCUT2D eigenvalue weighted by molar-refractivity contribution is 0.309. The second-order valence-corrected chi connectivity index (χ2v) is 6.56. The monoisotopic (exact) mass is 331 g/mol. The highest BCUT2D eigenvalue weighted by Crippen LogP contribution is 2.27. The Labute approximate surface area is 145 Å². The van der Waals surface area contributed by atoms with E-state index in [-0.39, 0.29) is 0 Å².